The van der Waals surface area contributed by atoms with E-state index in [9.17, 15) is 9.59 Å². The Labute approximate surface area is 212 Å². The van der Waals surface area contributed by atoms with E-state index in [0.717, 1.165) is 46.7 Å². The van der Waals surface area contributed by atoms with Crippen LogP contribution >= 0.6 is 35.1 Å². The van der Waals surface area contributed by atoms with E-state index in [0.29, 0.717) is 21.1 Å². The largest absolute Gasteiger partial charge is 0.325 e. The molecule has 1 aliphatic heterocycles. The van der Waals surface area contributed by atoms with E-state index in [1.165, 1.54) is 18.2 Å². The predicted octanol–water partition coefficient (Wildman–Crippen LogP) is 6.37. The van der Waals surface area contributed by atoms with Crippen molar-refractivity contribution in [1.29, 1.82) is 0 Å². The molecule has 2 unspecified atom stereocenters. The average Bonchev–Trinajstić information content (AvgIpc) is 3.19. The number of benzene rings is 2. The number of carbonyl (C=O) groups is 1. The molecule has 1 N–H and O–H groups in total. The van der Waals surface area contributed by atoms with Crippen LogP contribution in [0.5, 0.6) is 0 Å². The van der Waals surface area contributed by atoms with Gasteiger partial charge in [0.05, 0.1) is 17.0 Å². The van der Waals surface area contributed by atoms with Crippen molar-refractivity contribution in [3.8, 4) is 5.69 Å². The molecule has 3 aromatic rings. The van der Waals surface area contributed by atoms with E-state index in [1.807, 2.05) is 50.2 Å². The second-order valence-electron chi connectivity index (χ2n) is 8.94. The van der Waals surface area contributed by atoms with Gasteiger partial charge in [-0.15, -0.1) is 11.8 Å². The van der Waals surface area contributed by atoms with Crippen molar-refractivity contribution in [2.24, 2.45) is 0 Å². The molecule has 0 spiro atoms. The average molecular weight is 512 g/mol. The third-order valence-electron chi connectivity index (χ3n) is 6.44. The van der Waals surface area contributed by atoms with Crippen molar-refractivity contribution in [3.05, 3.63) is 74.5 Å². The van der Waals surface area contributed by atoms with Gasteiger partial charge in [-0.1, -0.05) is 54.4 Å². The van der Waals surface area contributed by atoms with Crippen molar-refractivity contribution < 1.29 is 4.79 Å². The highest BCUT2D eigenvalue weighted by Gasteiger charge is 2.39. The van der Waals surface area contributed by atoms with Gasteiger partial charge in [0.2, 0.25) is 5.91 Å². The molecule has 0 bridgehead atoms. The summed E-state index contributed by atoms with van der Waals surface area (Å²) in [7, 11) is 0. The molecular weight excluding hydrogens is 486 g/mol. The molecule has 2 heterocycles. The van der Waals surface area contributed by atoms with Crippen LogP contribution in [-0.2, 0) is 4.79 Å². The quantitative estimate of drug-likeness (QED) is 0.245. The molecule has 176 valence electrons. The van der Waals surface area contributed by atoms with E-state index >= 15 is 0 Å². The van der Waals surface area contributed by atoms with Crippen LogP contribution in [0.1, 0.15) is 48.3 Å². The first-order chi connectivity index (χ1) is 16.4. The number of aryl methyl sites for hydroxylation is 2. The van der Waals surface area contributed by atoms with E-state index in [-0.39, 0.29) is 23.1 Å². The Kier molecular flexibility index (Phi) is 6.78. The van der Waals surface area contributed by atoms with Gasteiger partial charge in [-0.3, -0.25) is 14.2 Å². The standard InChI is InChI=1S/C26H26ClN3O2S2/c1-15-6-5-7-18(12-15)30-25(32)23-19-8-3-4-9-21(19)34-24(23)29-26(30)33-14-22(31)28-17-11-10-16(2)20(27)13-17/h5-7,10-13,19,21H,3-4,8-9,14H2,1-2H3,(H,28,31). The number of anilines is 1. The first-order valence-electron chi connectivity index (χ1n) is 11.5. The minimum atomic E-state index is -0.170. The van der Waals surface area contributed by atoms with Gasteiger partial charge >= 0.3 is 0 Å². The second-order valence-corrected chi connectivity index (χ2v) is 11.5. The van der Waals surface area contributed by atoms with Crippen LogP contribution in [0, 0.1) is 13.8 Å². The van der Waals surface area contributed by atoms with Gasteiger partial charge in [-0.2, -0.15) is 0 Å². The Morgan fingerprint density at radius 3 is 2.82 bits per heavy atom. The zero-order valence-electron chi connectivity index (χ0n) is 19.1. The van der Waals surface area contributed by atoms with E-state index < -0.39 is 0 Å². The van der Waals surface area contributed by atoms with Gasteiger partial charge in [0.25, 0.3) is 5.56 Å². The van der Waals surface area contributed by atoms with E-state index in [1.54, 1.807) is 22.4 Å². The molecule has 0 radical (unpaired) electrons. The van der Waals surface area contributed by atoms with Crippen LogP contribution in [0.15, 0.2) is 57.4 Å². The number of rotatable bonds is 5. The molecule has 1 fully saturated rings. The van der Waals surface area contributed by atoms with Gasteiger partial charge in [0, 0.05) is 21.9 Å². The molecular formula is C26H26ClN3O2S2. The fraction of sp³-hybridized carbons (Fsp3) is 0.346. The zero-order valence-corrected chi connectivity index (χ0v) is 21.5. The molecule has 8 heteroatoms. The number of aromatic nitrogens is 2. The van der Waals surface area contributed by atoms with Crippen molar-refractivity contribution in [3.63, 3.8) is 0 Å². The SMILES string of the molecule is Cc1cccc(-n2c(SCC(=O)Nc3ccc(C)c(Cl)c3)nc3c(c2=O)C2CCCCC2S3)c1. The molecule has 1 amide bonds. The van der Waals surface area contributed by atoms with Crippen molar-refractivity contribution in [1.82, 2.24) is 9.55 Å². The van der Waals surface area contributed by atoms with Gasteiger partial charge < -0.3 is 5.32 Å². The fourth-order valence-electron chi connectivity index (χ4n) is 4.70. The maximum atomic E-state index is 13.8. The summed E-state index contributed by atoms with van der Waals surface area (Å²) in [5.74, 6) is 0.246. The minimum absolute atomic E-state index is 0.00530. The van der Waals surface area contributed by atoms with Crippen molar-refractivity contribution >= 4 is 46.7 Å². The number of carbonyl (C=O) groups excluding carboxylic acids is 1. The lowest BCUT2D eigenvalue weighted by molar-refractivity contribution is -0.113. The summed E-state index contributed by atoms with van der Waals surface area (Å²) in [6.45, 7) is 3.93. The molecule has 0 saturated heterocycles. The number of thioether (sulfide) groups is 2. The van der Waals surface area contributed by atoms with Gasteiger partial charge in [0.15, 0.2) is 5.16 Å². The summed E-state index contributed by atoms with van der Waals surface area (Å²) >= 11 is 9.22. The van der Waals surface area contributed by atoms with Gasteiger partial charge in [-0.25, -0.2) is 4.98 Å². The maximum absolute atomic E-state index is 13.8. The molecule has 1 aliphatic carbocycles. The topological polar surface area (TPSA) is 64.0 Å². The maximum Gasteiger partial charge on any atom is 0.263 e. The number of nitrogens with zero attached hydrogens (tertiary/aromatic N) is 2. The second kappa shape index (κ2) is 9.80. The number of hydrogen-bond acceptors (Lipinski definition) is 5. The number of nitrogens with one attached hydrogen (secondary N) is 1. The Hall–Kier alpha value is -2.22. The number of hydrogen-bond donors (Lipinski definition) is 1. The predicted molar refractivity (Wildman–Crippen MR) is 141 cm³/mol. The lowest BCUT2D eigenvalue weighted by Crippen LogP contribution is -2.29. The summed E-state index contributed by atoms with van der Waals surface area (Å²) in [5, 5.41) is 5.33. The molecule has 5 rings (SSSR count). The summed E-state index contributed by atoms with van der Waals surface area (Å²) in [6, 6.07) is 13.3. The Morgan fingerprint density at radius 1 is 1.21 bits per heavy atom. The molecule has 2 aromatic carbocycles. The smallest absolute Gasteiger partial charge is 0.263 e. The molecule has 5 nitrogen and oxygen atoms in total. The van der Waals surface area contributed by atoms with Crippen LogP contribution in [0.2, 0.25) is 5.02 Å². The highest BCUT2D eigenvalue weighted by molar-refractivity contribution is 8.00. The molecule has 1 saturated carbocycles. The Balaban J connectivity index is 1.46. The summed E-state index contributed by atoms with van der Waals surface area (Å²) in [4.78, 5) is 31.5. The number of amides is 1. The van der Waals surface area contributed by atoms with Gasteiger partial charge in [0.1, 0.15) is 5.03 Å². The third-order valence-corrected chi connectivity index (χ3v) is 9.18. The van der Waals surface area contributed by atoms with E-state index in [4.69, 9.17) is 16.6 Å². The Morgan fingerprint density at radius 2 is 2.03 bits per heavy atom. The Bertz CT molecular complexity index is 1320. The summed E-state index contributed by atoms with van der Waals surface area (Å²) in [6.07, 6.45) is 4.53. The third kappa shape index (κ3) is 4.66. The lowest BCUT2D eigenvalue weighted by atomic mass is 9.85. The normalized spacial score (nSPS) is 18.9. The first-order valence-corrected chi connectivity index (χ1v) is 13.7. The highest BCUT2D eigenvalue weighted by atomic mass is 35.5. The minimum Gasteiger partial charge on any atom is -0.325 e. The van der Waals surface area contributed by atoms with Gasteiger partial charge in [-0.05, 0) is 62.1 Å². The first kappa shape index (κ1) is 23.5. The summed E-state index contributed by atoms with van der Waals surface area (Å²) < 4.78 is 1.70. The number of fused-ring (bicyclic) bond motifs is 3. The van der Waals surface area contributed by atoms with Crippen LogP contribution in [0.3, 0.4) is 0 Å². The van der Waals surface area contributed by atoms with Crippen molar-refractivity contribution in [2.45, 2.75) is 60.9 Å². The van der Waals surface area contributed by atoms with Crippen LogP contribution < -0.4 is 10.9 Å². The number of halogens is 1. The molecule has 2 atom stereocenters. The van der Waals surface area contributed by atoms with E-state index in [2.05, 4.69) is 5.32 Å². The van der Waals surface area contributed by atoms with Crippen LogP contribution in [0.25, 0.3) is 5.69 Å². The van der Waals surface area contributed by atoms with Crippen LogP contribution in [0.4, 0.5) is 5.69 Å². The lowest BCUT2D eigenvalue weighted by Gasteiger charge is -2.24. The zero-order chi connectivity index (χ0) is 23.8. The monoisotopic (exact) mass is 511 g/mol. The molecule has 2 aliphatic rings. The van der Waals surface area contributed by atoms with Crippen molar-refractivity contribution in [2.75, 3.05) is 11.1 Å². The highest BCUT2D eigenvalue weighted by Crippen LogP contribution is 2.50. The summed E-state index contributed by atoms with van der Waals surface area (Å²) in [5.41, 5.74) is 4.33. The fourth-order valence-corrected chi connectivity index (χ4v) is 7.26. The van der Waals surface area contributed by atoms with Crippen LogP contribution in [-0.4, -0.2) is 26.5 Å². The molecule has 1 aromatic heterocycles. The molecule has 34 heavy (non-hydrogen) atoms.